The smallest absolute Gasteiger partial charge is 0.252 e. The molecule has 0 saturated heterocycles. The molecule has 0 atom stereocenters. The van der Waals surface area contributed by atoms with Crippen molar-refractivity contribution in [1.82, 2.24) is 15.2 Å². The molecule has 2 aromatic rings. The zero-order valence-corrected chi connectivity index (χ0v) is 14.3. The van der Waals surface area contributed by atoms with Gasteiger partial charge in [-0.1, -0.05) is 18.2 Å². The molecule has 1 aromatic heterocycles. The van der Waals surface area contributed by atoms with Gasteiger partial charge in [0.05, 0.1) is 17.2 Å². The zero-order chi connectivity index (χ0) is 16.8. The van der Waals surface area contributed by atoms with Gasteiger partial charge in [0.25, 0.3) is 5.91 Å². The van der Waals surface area contributed by atoms with Crippen LogP contribution in [-0.4, -0.2) is 49.1 Å². The molecule has 0 radical (unpaired) electrons. The van der Waals surface area contributed by atoms with Gasteiger partial charge in [-0.3, -0.25) is 4.79 Å². The van der Waals surface area contributed by atoms with Crippen LogP contribution in [0.3, 0.4) is 0 Å². The first kappa shape index (κ1) is 17.2. The van der Waals surface area contributed by atoms with Crippen LogP contribution in [0, 0.1) is 0 Å². The first-order valence-electron chi connectivity index (χ1n) is 7.96. The molecule has 0 saturated carbocycles. The molecule has 23 heavy (non-hydrogen) atoms. The van der Waals surface area contributed by atoms with Crippen LogP contribution in [0.25, 0.3) is 10.9 Å². The number of benzene rings is 1. The Bertz CT molecular complexity index is 668. The number of fused-ring (bicyclic) bond motifs is 1. The predicted octanol–water partition coefficient (Wildman–Crippen LogP) is 2.70. The van der Waals surface area contributed by atoms with Gasteiger partial charge >= 0.3 is 0 Å². The molecule has 0 fully saturated rings. The monoisotopic (exact) mass is 315 g/mol. The van der Waals surface area contributed by atoms with Crippen LogP contribution < -0.4 is 10.1 Å². The second kappa shape index (κ2) is 7.92. The number of nitrogens with zero attached hydrogens (tertiary/aromatic N) is 2. The maximum atomic E-state index is 12.5. The molecule has 0 spiro atoms. The topological polar surface area (TPSA) is 54.5 Å². The second-order valence-corrected chi connectivity index (χ2v) is 6.10. The third-order valence-corrected chi connectivity index (χ3v) is 3.36. The lowest BCUT2D eigenvalue weighted by atomic mass is 10.1. The van der Waals surface area contributed by atoms with Gasteiger partial charge in [-0.2, -0.15) is 0 Å². The average molecular weight is 315 g/mol. The Morgan fingerprint density at radius 3 is 2.74 bits per heavy atom. The average Bonchev–Trinajstić information content (AvgIpc) is 2.49. The molecule has 1 heterocycles. The second-order valence-electron chi connectivity index (χ2n) is 6.10. The summed E-state index contributed by atoms with van der Waals surface area (Å²) < 4.78 is 5.67. The van der Waals surface area contributed by atoms with Gasteiger partial charge in [0.1, 0.15) is 0 Å². The van der Waals surface area contributed by atoms with E-state index in [2.05, 4.69) is 15.2 Å². The van der Waals surface area contributed by atoms with E-state index in [9.17, 15) is 4.79 Å². The number of para-hydroxylation sites is 1. The Morgan fingerprint density at radius 2 is 2.04 bits per heavy atom. The number of hydrogen-bond donors (Lipinski definition) is 1. The lowest BCUT2D eigenvalue weighted by Gasteiger charge is -2.13. The van der Waals surface area contributed by atoms with Crippen molar-refractivity contribution in [2.75, 3.05) is 27.2 Å². The van der Waals surface area contributed by atoms with Crippen molar-refractivity contribution < 1.29 is 9.53 Å². The van der Waals surface area contributed by atoms with Gasteiger partial charge in [0, 0.05) is 18.0 Å². The number of carbonyl (C=O) groups is 1. The number of nitrogens with one attached hydrogen (secondary N) is 1. The summed E-state index contributed by atoms with van der Waals surface area (Å²) in [5.41, 5.74) is 1.38. The van der Waals surface area contributed by atoms with Crippen molar-refractivity contribution in [2.45, 2.75) is 26.4 Å². The number of hydrogen-bond acceptors (Lipinski definition) is 4. The Balaban J connectivity index is 2.21. The van der Waals surface area contributed by atoms with Gasteiger partial charge in [-0.15, -0.1) is 0 Å². The van der Waals surface area contributed by atoms with E-state index in [0.717, 1.165) is 23.9 Å². The Kier molecular flexibility index (Phi) is 5.93. The van der Waals surface area contributed by atoms with Crippen molar-refractivity contribution in [2.24, 2.45) is 0 Å². The Hall–Kier alpha value is -2.14. The molecule has 1 N–H and O–H groups in total. The number of amides is 1. The number of carbonyl (C=O) groups excluding carboxylic acids is 1. The van der Waals surface area contributed by atoms with E-state index in [1.165, 1.54) is 0 Å². The minimum atomic E-state index is -0.0871. The van der Waals surface area contributed by atoms with Crippen LogP contribution in [0.5, 0.6) is 5.88 Å². The molecule has 0 bridgehead atoms. The van der Waals surface area contributed by atoms with Crippen LogP contribution in [0.2, 0.25) is 0 Å². The standard InChI is InChI=1S/C18H25N3O2/c1-13(2)23-17-12-15(14-8-5-6-9-16(14)20-17)18(22)19-10-7-11-21(3)4/h5-6,8-9,12-13H,7,10-11H2,1-4H3,(H,19,22). The van der Waals surface area contributed by atoms with Crippen LogP contribution >= 0.6 is 0 Å². The van der Waals surface area contributed by atoms with Crippen molar-refractivity contribution >= 4 is 16.8 Å². The summed E-state index contributed by atoms with van der Waals surface area (Å²) in [5.74, 6) is 0.396. The third kappa shape index (κ3) is 4.93. The summed E-state index contributed by atoms with van der Waals surface area (Å²) in [4.78, 5) is 19.1. The van der Waals surface area contributed by atoms with Gasteiger partial charge < -0.3 is 15.0 Å². The normalized spacial score (nSPS) is 11.2. The fourth-order valence-electron chi connectivity index (χ4n) is 2.33. The van der Waals surface area contributed by atoms with Gasteiger partial charge in [-0.25, -0.2) is 4.98 Å². The zero-order valence-electron chi connectivity index (χ0n) is 14.3. The first-order chi connectivity index (χ1) is 11.0. The number of rotatable bonds is 7. The van der Waals surface area contributed by atoms with Crippen molar-refractivity contribution in [3.05, 3.63) is 35.9 Å². The highest BCUT2D eigenvalue weighted by molar-refractivity contribution is 6.06. The van der Waals surface area contributed by atoms with Gasteiger partial charge in [0.2, 0.25) is 5.88 Å². The fraction of sp³-hybridized carbons (Fsp3) is 0.444. The fourth-order valence-corrected chi connectivity index (χ4v) is 2.33. The number of ether oxygens (including phenoxy) is 1. The maximum absolute atomic E-state index is 12.5. The summed E-state index contributed by atoms with van der Waals surface area (Å²) in [6, 6.07) is 9.36. The summed E-state index contributed by atoms with van der Waals surface area (Å²) in [6.07, 6.45) is 0.927. The molecule has 0 aliphatic heterocycles. The van der Waals surface area contributed by atoms with E-state index in [1.54, 1.807) is 6.07 Å². The van der Waals surface area contributed by atoms with E-state index < -0.39 is 0 Å². The SMILES string of the molecule is CC(C)Oc1cc(C(=O)NCCCN(C)C)c2ccccc2n1. The third-order valence-electron chi connectivity index (χ3n) is 3.36. The summed E-state index contributed by atoms with van der Waals surface area (Å²) in [7, 11) is 4.04. The Morgan fingerprint density at radius 1 is 1.30 bits per heavy atom. The number of aromatic nitrogens is 1. The first-order valence-corrected chi connectivity index (χ1v) is 7.96. The molecule has 0 aliphatic carbocycles. The minimum absolute atomic E-state index is 0.0136. The molecular formula is C18H25N3O2. The van der Waals surface area contributed by atoms with E-state index in [1.807, 2.05) is 52.2 Å². The maximum Gasteiger partial charge on any atom is 0.252 e. The molecular weight excluding hydrogens is 290 g/mol. The van der Waals surface area contributed by atoms with Crippen LogP contribution in [0.4, 0.5) is 0 Å². The number of pyridine rings is 1. The molecule has 124 valence electrons. The van der Waals surface area contributed by atoms with Crippen molar-refractivity contribution in [3.63, 3.8) is 0 Å². The highest BCUT2D eigenvalue weighted by atomic mass is 16.5. The summed E-state index contributed by atoms with van der Waals surface area (Å²) >= 11 is 0. The molecule has 5 heteroatoms. The van der Waals surface area contributed by atoms with Crippen molar-refractivity contribution in [3.8, 4) is 5.88 Å². The van der Waals surface area contributed by atoms with E-state index in [-0.39, 0.29) is 12.0 Å². The Labute approximate surface area is 137 Å². The molecule has 1 amide bonds. The van der Waals surface area contributed by atoms with Gasteiger partial charge in [-0.05, 0) is 47.0 Å². The lowest BCUT2D eigenvalue weighted by Crippen LogP contribution is -2.27. The minimum Gasteiger partial charge on any atom is -0.475 e. The summed E-state index contributed by atoms with van der Waals surface area (Å²) in [6.45, 7) is 5.48. The largest absolute Gasteiger partial charge is 0.475 e. The van der Waals surface area contributed by atoms with Crippen molar-refractivity contribution in [1.29, 1.82) is 0 Å². The van der Waals surface area contributed by atoms with Gasteiger partial charge in [0.15, 0.2) is 0 Å². The van der Waals surface area contributed by atoms with E-state index >= 15 is 0 Å². The predicted molar refractivity (Wildman–Crippen MR) is 93.0 cm³/mol. The van der Waals surface area contributed by atoms with Crippen LogP contribution in [-0.2, 0) is 0 Å². The van der Waals surface area contributed by atoms with E-state index in [0.29, 0.717) is 18.0 Å². The molecule has 2 rings (SSSR count). The van der Waals surface area contributed by atoms with Crippen LogP contribution in [0.1, 0.15) is 30.6 Å². The lowest BCUT2D eigenvalue weighted by molar-refractivity contribution is 0.0953. The highest BCUT2D eigenvalue weighted by Gasteiger charge is 2.13. The molecule has 5 nitrogen and oxygen atoms in total. The van der Waals surface area contributed by atoms with E-state index in [4.69, 9.17) is 4.74 Å². The molecule has 0 unspecified atom stereocenters. The highest BCUT2D eigenvalue weighted by Crippen LogP contribution is 2.22. The quantitative estimate of drug-likeness (QED) is 0.798. The molecule has 0 aliphatic rings. The molecule has 1 aromatic carbocycles. The summed E-state index contributed by atoms with van der Waals surface area (Å²) in [5, 5.41) is 3.82. The van der Waals surface area contributed by atoms with Crippen LogP contribution in [0.15, 0.2) is 30.3 Å².